The van der Waals surface area contributed by atoms with E-state index in [1.165, 1.54) is 0 Å². The maximum Gasteiger partial charge on any atom is 0.262 e. The Balaban J connectivity index is 2.21. The molecule has 0 saturated carbocycles. The third kappa shape index (κ3) is 3.18. The second-order valence-corrected chi connectivity index (χ2v) is 5.19. The Labute approximate surface area is 119 Å². The Morgan fingerprint density at radius 3 is 2.65 bits per heavy atom. The molecule has 1 aromatic rings. The number of hydrogen-bond acceptors (Lipinski definition) is 3. The van der Waals surface area contributed by atoms with Gasteiger partial charge in [-0.15, -0.1) is 0 Å². The van der Waals surface area contributed by atoms with Gasteiger partial charge in [-0.2, -0.15) is 0 Å². The molecule has 4 heteroatoms. The molecule has 1 aromatic carbocycles. The van der Waals surface area contributed by atoms with Gasteiger partial charge in [0.05, 0.1) is 5.69 Å². The summed E-state index contributed by atoms with van der Waals surface area (Å²) in [5, 5.41) is 2.74. The Bertz CT molecular complexity index is 504. The summed E-state index contributed by atoms with van der Waals surface area (Å²) >= 11 is 0. The number of fused-ring (bicyclic) bond motifs is 1. The molecule has 1 amide bonds. The van der Waals surface area contributed by atoms with Crippen LogP contribution >= 0.6 is 0 Å². The van der Waals surface area contributed by atoms with Gasteiger partial charge in [-0.1, -0.05) is 26.7 Å². The fourth-order valence-electron chi connectivity index (χ4n) is 2.58. The van der Waals surface area contributed by atoms with E-state index in [0.29, 0.717) is 17.0 Å². The maximum atomic E-state index is 12.5. The lowest BCUT2D eigenvalue weighted by Gasteiger charge is -2.19. The Morgan fingerprint density at radius 2 is 2.00 bits per heavy atom. The highest BCUT2D eigenvalue weighted by Gasteiger charge is 2.22. The number of Topliss-reactive ketones (excluding diaryl/α,β-unsaturated/α-hetero) is 1. The second-order valence-electron chi connectivity index (χ2n) is 5.19. The van der Waals surface area contributed by atoms with Gasteiger partial charge < -0.3 is 10.1 Å². The molecule has 1 heterocycles. The number of carbonyl (C=O) groups is 2. The summed E-state index contributed by atoms with van der Waals surface area (Å²) in [6.07, 6.45) is 3.82. The van der Waals surface area contributed by atoms with Crippen molar-refractivity contribution in [1.82, 2.24) is 0 Å². The van der Waals surface area contributed by atoms with Gasteiger partial charge in [0.25, 0.3) is 5.91 Å². The van der Waals surface area contributed by atoms with E-state index in [-0.39, 0.29) is 24.2 Å². The quantitative estimate of drug-likeness (QED) is 0.809. The summed E-state index contributed by atoms with van der Waals surface area (Å²) in [7, 11) is 0. The molecule has 0 spiro atoms. The van der Waals surface area contributed by atoms with Crippen molar-refractivity contribution >= 4 is 17.4 Å². The van der Waals surface area contributed by atoms with Gasteiger partial charge in [0.1, 0.15) is 5.75 Å². The predicted octanol–water partition coefficient (Wildman–Crippen LogP) is 3.42. The van der Waals surface area contributed by atoms with Crippen molar-refractivity contribution in [2.24, 2.45) is 5.92 Å². The van der Waals surface area contributed by atoms with Crippen molar-refractivity contribution < 1.29 is 14.3 Å². The number of amides is 1. The summed E-state index contributed by atoms with van der Waals surface area (Å²) in [6.45, 7) is 4.22. The third-order valence-corrected chi connectivity index (χ3v) is 3.54. The normalized spacial score (nSPS) is 13.7. The summed E-state index contributed by atoms with van der Waals surface area (Å²) < 4.78 is 5.30. The second kappa shape index (κ2) is 6.55. The number of anilines is 1. The van der Waals surface area contributed by atoms with Crippen LogP contribution in [0.4, 0.5) is 5.69 Å². The van der Waals surface area contributed by atoms with Crippen LogP contribution in [-0.2, 0) is 4.79 Å². The van der Waals surface area contributed by atoms with Gasteiger partial charge in [0.15, 0.2) is 12.4 Å². The van der Waals surface area contributed by atoms with Crippen LogP contribution in [0.15, 0.2) is 18.2 Å². The molecule has 0 atom stereocenters. The molecule has 0 aromatic heterocycles. The van der Waals surface area contributed by atoms with E-state index in [1.807, 2.05) is 0 Å². The van der Waals surface area contributed by atoms with Crippen LogP contribution in [0.3, 0.4) is 0 Å². The summed E-state index contributed by atoms with van der Waals surface area (Å²) in [6, 6.07) is 5.28. The number of benzene rings is 1. The number of hydrogen-bond donors (Lipinski definition) is 1. The smallest absolute Gasteiger partial charge is 0.262 e. The Morgan fingerprint density at radius 1 is 1.30 bits per heavy atom. The van der Waals surface area contributed by atoms with Gasteiger partial charge in [-0.3, -0.25) is 9.59 Å². The number of carbonyl (C=O) groups excluding carboxylic acids is 2. The molecular formula is C16H21NO3. The molecule has 0 bridgehead atoms. The molecule has 0 fully saturated rings. The third-order valence-electron chi connectivity index (χ3n) is 3.54. The SMILES string of the molecule is CCCC(CCC)C(=O)c1ccc2c(c1)NC(=O)CO2. The molecule has 1 aliphatic heterocycles. The van der Waals surface area contributed by atoms with E-state index in [0.717, 1.165) is 25.7 Å². The van der Waals surface area contributed by atoms with Crippen molar-refractivity contribution in [3.8, 4) is 5.75 Å². The molecule has 0 unspecified atom stereocenters. The zero-order chi connectivity index (χ0) is 14.5. The van der Waals surface area contributed by atoms with Crippen molar-refractivity contribution in [3.63, 3.8) is 0 Å². The minimum absolute atomic E-state index is 0.0363. The first kappa shape index (κ1) is 14.6. The van der Waals surface area contributed by atoms with Crippen LogP contribution in [0.5, 0.6) is 5.75 Å². The van der Waals surface area contributed by atoms with Crippen molar-refractivity contribution in [2.75, 3.05) is 11.9 Å². The minimum atomic E-state index is -0.180. The average molecular weight is 275 g/mol. The first-order valence-corrected chi connectivity index (χ1v) is 7.26. The Kier molecular flexibility index (Phi) is 4.77. The zero-order valence-electron chi connectivity index (χ0n) is 12.1. The number of nitrogens with one attached hydrogen (secondary N) is 1. The molecule has 20 heavy (non-hydrogen) atoms. The van der Waals surface area contributed by atoms with Crippen LogP contribution in [0.2, 0.25) is 0 Å². The molecule has 0 aliphatic carbocycles. The molecular weight excluding hydrogens is 254 g/mol. The lowest BCUT2D eigenvalue weighted by Crippen LogP contribution is -2.25. The molecule has 0 saturated heterocycles. The van der Waals surface area contributed by atoms with E-state index < -0.39 is 0 Å². The zero-order valence-corrected chi connectivity index (χ0v) is 12.1. The lowest BCUT2D eigenvalue weighted by molar-refractivity contribution is -0.118. The summed E-state index contributed by atoms with van der Waals surface area (Å²) in [5.74, 6) is 0.684. The highest BCUT2D eigenvalue weighted by molar-refractivity contribution is 6.01. The standard InChI is InChI=1S/C16H21NO3/c1-3-5-11(6-4-2)16(19)12-7-8-14-13(9-12)17-15(18)10-20-14/h7-9,11H,3-6,10H2,1-2H3,(H,17,18). The number of rotatable bonds is 6. The monoisotopic (exact) mass is 275 g/mol. The van der Waals surface area contributed by atoms with Crippen LogP contribution in [0, 0.1) is 5.92 Å². The number of ether oxygens (including phenoxy) is 1. The van der Waals surface area contributed by atoms with Crippen LogP contribution in [0.1, 0.15) is 49.9 Å². The van der Waals surface area contributed by atoms with E-state index in [1.54, 1.807) is 18.2 Å². The van der Waals surface area contributed by atoms with Crippen LogP contribution in [0.25, 0.3) is 0 Å². The van der Waals surface area contributed by atoms with Gasteiger partial charge in [0.2, 0.25) is 0 Å². The molecule has 1 aliphatic rings. The maximum absolute atomic E-state index is 12.5. The predicted molar refractivity (Wildman–Crippen MR) is 78.2 cm³/mol. The average Bonchev–Trinajstić information content (AvgIpc) is 2.45. The largest absolute Gasteiger partial charge is 0.482 e. The van der Waals surface area contributed by atoms with E-state index in [2.05, 4.69) is 19.2 Å². The summed E-state index contributed by atoms with van der Waals surface area (Å²) in [4.78, 5) is 23.9. The topological polar surface area (TPSA) is 55.4 Å². The molecule has 1 N–H and O–H groups in total. The van der Waals surface area contributed by atoms with Gasteiger partial charge in [0, 0.05) is 11.5 Å². The van der Waals surface area contributed by atoms with Crippen LogP contribution in [-0.4, -0.2) is 18.3 Å². The summed E-state index contributed by atoms with van der Waals surface area (Å²) in [5.41, 5.74) is 1.25. The van der Waals surface area contributed by atoms with Crippen molar-refractivity contribution in [1.29, 1.82) is 0 Å². The molecule has 4 nitrogen and oxygen atoms in total. The Hall–Kier alpha value is -1.84. The fraction of sp³-hybridized carbons (Fsp3) is 0.500. The van der Waals surface area contributed by atoms with E-state index in [4.69, 9.17) is 4.74 Å². The van der Waals surface area contributed by atoms with Gasteiger partial charge in [-0.25, -0.2) is 0 Å². The first-order valence-electron chi connectivity index (χ1n) is 7.26. The highest BCUT2D eigenvalue weighted by atomic mass is 16.5. The fourth-order valence-corrected chi connectivity index (χ4v) is 2.58. The van der Waals surface area contributed by atoms with E-state index in [9.17, 15) is 9.59 Å². The van der Waals surface area contributed by atoms with Crippen LogP contribution < -0.4 is 10.1 Å². The minimum Gasteiger partial charge on any atom is -0.482 e. The van der Waals surface area contributed by atoms with Crippen molar-refractivity contribution in [3.05, 3.63) is 23.8 Å². The van der Waals surface area contributed by atoms with Crippen molar-refractivity contribution in [2.45, 2.75) is 39.5 Å². The number of ketones is 1. The lowest BCUT2D eigenvalue weighted by atomic mass is 9.89. The molecule has 0 radical (unpaired) electrons. The highest BCUT2D eigenvalue weighted by Crippen LogP contribution is 2.30. The van der Waals surface area contributed by atoms with Gasteiger partial charge in [-0.05, 0) is 31.0 Å². The van der Waals surface area contributed by atoms with Gasteiger partial charge >= 0.3 is 0 Å². The molecule has 108 valence electrons. The first-order chi connectivity index (χ1) is 9.65. The van der Waals surface area contributed by atoms with E-state index >= 15 is 0 Å². The molecule has 2 rings (SSSR count).